The van der Waals surface area contributed by atoms with Crippen molar-refractivity contribution >= 4 is 21.8 Å². The van der Waals surface area contributed by atoms with Gasteiger partial charge in [-0.05, 0) is 48.9 Å². The fourth-order valence-corrected chi connectivity index (χ4v) is 3.47. The second kappa shape index (κ2) is 8.80. The standard InChI is InChI=1S/C20H21BrF2N2O2/c1-14-11-24(12-15-2-7-18(22)19(23)10-15)8-9-25(14)20(26)13-27-17-5-3-16(21)4-6-17/h2-7,10,14H,8-9,11-13H2,1H3/t14-/m1/s1. The van der Waals surface area contributed by atoms with Crippen molar-refractivity contribution in [3.8, 4) is 5.75 Å². The number of carbonyl (C=O) groups is 1. The average Bonchev–Trinajstić information content (AvgIpc) is 2.64. The molecule has 1 saturated heterocycles. The molecule has 3 rings (SSSR count). The van der Waals surface area contributed by atoms with E-state index in [2.05, 4.69) is 20.8 Å². The van der Waals surface area contributed by atoms with E-state index in [1.165, 1.54) is 6.07 Å². The number of halogens is 3. The fraction of sp³-hybridized carbons (Fsp3) is 0.350. The van der Waals surface area contributed by atoms with E-state index in [9.17, 15) is 13.6 Å². The van der Waals surface area contributed by atoms with Crippen molar-refractivity contribution in [3.05, 3.63) is 64.1 Å². The molecule has 1 atom stereocenters. The molecule has 0 aliphatic carbocycles. The van der Waals surface area contributed by atoms with Crippen molar-refractivity contribution in [2.75, 3.05) is 26.2 Å². The summed E-state index contributed by atoms with van der Waals surface area (Å²) in [5.41, 5.74) is 0.722. The largest absolute Gasteiger partial charge is 0.484 e. The van der Waals surface area contributed by atoms with Crippen LogP contribution in [0.2, 0.25) is 0 Å². The van der Waals surface area contributed by atoms with E-state index >= 15 is 0 Å². The molecule has 4 nitrogen and oxygen atoms in total. The van der Waals surface area contributed by atoms with Gasteiger partial charge in [0.15, 0.2) is 18.2 Å². The summed E-state index contributed by atoms with van der Waals surface area (Å²) in [6.45, 7) is 4.42. The molecule has 0 radical (unpaired) electrons. The number of amides is 1. The van der Waals surface area contributed by atoms with E-state index in [4.69, 9.17) is 4.74 Å². The van der Waals surface area contributed by atoms with Gasteiger partial charge in [0.25, 0.3) is 5.91 Å². The van der Waals surface area contributed by atoms with E-state index in [0.29, 0.717) is 31.9 Å². The first kappa shape index (κ1) is 19.8. The van der Waals surface area contributed by atoms with Gasteiger partial charge in [0.2, 0.25) is 0 Å². The van der Waals surface area contributed by atoms with Gasteiger partial charge in [-0.3, -0.25) is 9.69 Å². The van der Waals surface area contributed by atoms with Crippen LogP contribution in [0.4, 0.5) is 8.78 Å². The van der Waals surface area contributed by atoms with Crippen LogP contribution in [0.5, 0.6) is 5.75 Å². The average molecular weight is 439 g/mol. The van der Waals surface area contributed by atoms with Crippen LogP contribution in [-0.2, 0) is 11.3 Å². The van der Waals surface area contributed by atoms with Gasteiger partial charge in [-0.15, -0.1) is 0 Å². The van der Waals surface area contributed by atoms with Crippen molar-refractivity contribution in [3.63, 3.8) is 0 Å². The summed E-state index contributed by atoms with van der Waals surface area (Å²) in [7, 11) is 0. The molecule has 0 unspecified atom stereocenters. The van der Waals surface area contributed by atoms with E-state index in [1.807, 2.05) is 19.1 Å². The Balaban J connectivity index is 1.50. The molecule has 2 aromatic carbocycles. The Morgan fingerprint density at radius 3 is 2.56 bits per heavy atom. The summed E-state index contributed by atoms with van der Waals surface area (Å²) in [5.74, 6) is -1.08. The second-order valence-electron chi connectivity index (χ2n) is 6.66. The van der Waals surface area contributed by atoms with Crippen LogP contribution in [0.3, 0.4) is 0 Å². The minimum absolute atomic E-state index is 0.00482. The zero-order chi connectivity index (χ0) is 19.4. The van der Waals surface area contributed by atoms with Crippen LogP contribution in [0.1, 0.15) is 12.5 Å². The Kier molecular flexibility index (Phi) is 6.44. The summed E-state index contributed by atoms with van der Waals surface area (Å²) in [6, 6.07) is 11.3. The lowest BCUT2D eigenvalue weighted by Gasteiger charge is -2.39. The van der Waals surface area contributed by atoms with Gasteiger partial charge in [0.05, 0.1) is 0 Å². The normalized spacial score (nSPS) is 17.8. The third-order valence-electron chi connectivity index (χ3n) is 4.60. The van der Waals surface area contributed by atoms with Crippen LogP contribution in [-0.4, -0.2) is 48.0 Å². The number of nitrogens with zero attached hydrogens (tertiary/aromatic N) is 2. The fourth-order valence-electron chi connectivity index (χ4n) is 3.20. The predicted molar refractivity (Wildman–Crippen MR) is 102 cm³/mol. The van der Waals surface area contributed by atoms with Gasteiger partial charge in [-0.1, -0.05) is 22.0 Å². The van der Waals surface area contributed by atoms with Crippen LogP contribution >= 0.6 is 15.9 Å². The summed E-state index contributed by atoms with van der Waals surface area (Å²) in [4.78, 5) is 16.4. The molecule has 0 bridgehead atoms. The molecule has 0 saturated carbocycles. The topological polar surface area (TPSA) is 32.8 Å². The molecule has 0 N–H and O–H groups in total. The molecule has 27 heavy (non-hydrogen) atoms. The first-order valence-corrected chi connectivity index (χ1v) is 9.56. The summed E-state index contributed by atoms with van der Waals surface area (Å²) in [5, 5.41) is 0. The minimum atomic E-state index is -0.840. The van der Waals surface area contributed by atoms with Gasteiger partial charge < -0.3 is 9.64 Å². The third-order valence-corrected chi connectivity index (χ3v) is 5.13. The molecule has 1 aliphatic rings. The zero-order valence-electron chi connectivity index (χ0n) is 15.0. The predicted octanol–water partition coefficient (Wildman–Crippen LogP) is 3.84. The van der Waals surface area contributed by atoms with Crippen LogP contribution in [0.15, 0.2) is 46.9 Å². The Bertz CT molecular complexity index is 801. The highest BCUT2D eigenvalue weighted by molar-refractivity contribution is 9.10. The SMILES string of the molecule is C[C@@H]1CN(Cc2ccc(F)c(F)c2)CCN1C(=O)COc1ccc(Br)cc1. The maximum atomic E-state index is 13.4. The Labute approximate surface area is 165 Å². The third kappa shape index (κ3) is 5.26. The number of ether oxygens (including phenoxy) is 1. The quantitative estimate of drug-likeness (QED) is 0.710. The lowest BCUT2D eigenvalue weighted by molar-refractivity contribution is -0.138. The van der Waals surface area contributed by atoms with Gasteiger partial charge >= 0.3 is 0 Å². The molecule has 1 amide bonds. The van der Waals surface area contributed by atoms with Crippen molar-refractivity contribution < 1.29 is 18.3 Å². The van der Waals surface area contributed by atoms with E-state index in [1.54, 1.807) is 23.1 Å². The molecule has 0 spiro atoms. The lowest BCUT2D eigenvalue weighted by Crippen LogP contribution is -2.54. The second-order valence-corrected chi connectivity index (χ2v) is 7.58. The Morgan fingerprint density at radius 1 is 1.15 bits per heavy atom. The summed E-state index contributed by atoms with van der Waals surface area (Å²) in [6.07, 6.45) is 0. The van der Waals surface area contributed by atoms with Crippen molar-refractivity contribution in [2.45, 2.75) is 19.5 Å². The molecule has 1 heterocycles. The Morgan fingerprint density at radius 2 is 1.89 bits per heavy atom. The molecule has 7 heteroatoms. The zero-order valence-corrected chi connectivity index (χ0v) is 16.6. The molecule has 2 aromatic rings. The molecular weight excluding hydrogens is 418 g/mol. The molecule has 1 fully saturated rings. The number of carbonyl (C=O) groups excluding carboxylic acids is 1. The molecule has 144 valence electrons. The van der Waals surface area contributed by atoms with E-state index < -0.39 is 11.6 Å². The van der Waals surface area contributed by atoms with Gasteiger partial charge in [-0.2, -0.15) is 0 Å². The monoisotopic (exact) mass is 438 g/mol. The highest BCUT2D eigenvalue weighted by Crippen LogP contribution is 2.18. The van der Waals surface area contributed by atoms with Gasteiger partial charge in [0, 0.05) is 36.7 Å². The molecule has 1 aliphatic heterocycles. The van der Waals surface area contributed by atoms with Crippen LogP contribution < -0.4 is 4.74 Å². The molecule has 0 aromatic heterocycles. The highest BCUT2D eigenvalue weighted by Gasteiger charge is 2.27. The van der Waals surface area contributed by atoms with Crippen LogP contribution in [0, 0.1) is 11.6 Å². The lowest BCUT2D eigenvalue weighted by atomic mass is 10.1. The van der Waals surface area contributed by atoms with E-state index in [0.717, 1.165) is 16.1 Å². The first-order valence-electron chi connectivity index (χ1n) is 8.76. The van der Waals surface area contributed by atoms with E-state index in [-0.39, 0.29) is 18.6 Å². The summed E-state index contributed by atoms with van der Waals surface area (Å²) < 4.78 is 32.9. The number of hydrogen-bond acceptors (Lipinski definition) is 3. The first-order chi connectivity index (χ1) is 12.9. The number of rotatable bonds is 5. The number of benzene rings is 2. The Hall–Kier alpha value is -1.99. The molecular formula is C20H21BrF2N2O2. The number of hydrogen-bond donors (Lipinski definition) is 0. The van der Waals surface area contributed by atoms with Crippen LogP contribution in [0.25, 0.3) is 0 Å². The highest BCUT2D eigenvalue weighted by atomic mass is 79.9. The van der Waals surface area contributed by atoms with Gasteiger partial charge in [-0.25, -0.2) is 8.78 Å². The minimum Gasteiger partial charge on any atom is -0.484 e. The maximum Gasteiger partial charge on any atom is 0.260 e. The van der Waals surface area contributed by atoms with Crippen molar-refractivity contribution in [1.82, 2.24) is 9.80 Å². The maximum absolute atomic E-state index is 13.4. The number of piperazine rings is 1. The summed E-state index contributed by atoms with van der Waals surface area (Å²) >= 11 is 3.36. The van der Waals surface area contributed by atoms with Crippen molar-refractivity contribution in [2.24, 2.45) is 0 Å². The van der Waals surface area contributed by atoms with Gasteiger partial charge in [0.1, 0.15) is 5.75 Å². The smallest absolute Gasteiger partial charge is 0.260 e. The van der Waals surface area contributed by atoms with Crippen molar-refractivity contribution in [1.29, 1.82) is 0 Å².